The highest BCUT2D eigenvalue weighted by molar-refractivity contribution is 7.40. The molecule has 1 aliphatic rings. The zero-order valence-electron chi connectivity index (χ0n) is 19.3. The van der Waals surface area contributed by atoms with E-state index in [0.717, 1.165) is 19.3 Å². The molecular formula is C21H39N2O7P+2. The van der Waals surface area contributed by atoms with Crippen LogP contribution in [0, 0.1) is 5.92 Å². The first kappa shape index (κ1) is 27.6. The third kappa shape index (κ3) is 7.04. The Morgan fingerprint density at radius 3 is 2.35 bits per heavy atom. The molecule has 2 amide bonds. The van der Waals surface area contributed by atoms with E-state index in [1.807, 2.05) is 13.8 Å². The van der Waals surface area contributed by atoms with Gasteiger partial charge in [0.25, 0.3) is 11.9 Å². The molecule has 0 aromatic heterocycles. The van der Waals surface area contributed by atoms with Gasteiger partial charge in [-0.1, -0.05) is 38.1 Å². The second-order valence-electron chi connectivity index (χ2n) is 8.59. The molecule has 1 aliphatic heterocycles. The first-order valence-corrected chi connectivity index (χ1v) is 12.6. The SMILES string of the molecule is CCC(=O)OC(CCCCCCN)(O[P+](=O)CC(=O)[N+]1(C(=O)O)CCC[C@H]1C)C(C)C. The minimum absolute atomic E-state index is 0.136. The molecule has 1 rings (SSSR count). The van der Waals surface area contributed by atoms with Gasteiger partial charge in [0.2, 0.25) is 0 Å². The van der Waals surface area contributed by atoms with Gasteiger partial charge in [0.1, 0.15) is 6.04 Å². The Hall–Kier alpha value is -1.41. The number of esters is 1. The number of ether oxygens (including phenoxy) is 1. The number of carbonyl (C=O) groups is 3. The lowest BCUT2D eigenvalue weighted by atomic mass is 9.96. The van der Waals surface area contributed by atoms with Crippen molar-refractivity contribution in [3.63, 3.8) is 0 Å². The van der Waals surface area contributed by atoms with Gasteiger partial charge >= 0.3 is 26.0 Å². The van der Waals surface area contributed by atoms with E-state index < -0.39 is 42.4 Å². The number of likely N-dealkylation sites (tertiary alicyclic amines) is 1. The molecule has 31 heavy (non-hydrogen) atoms. The van der Waals surface area contributed by atoms with E-state index in [1.165, 1.54) is 0 Å². The average Bonchev–Trinajstić information content (AvgIpc) is 3.09. The Morgan fingerprint density at radius 1 is 1.23 bits per heavy atom. The highest BCUT2D eigenvalue weighted by atomic mass is 31.1. The molecule has 0 saturated carbocycles. The van der Waals surface area contributed by atoms with Crippen molar-refractivity contribution in [3.05, 3.63) is 0 Å². The summed E-state index contributed by atoms with van der Waals surface area (Å²) in [6.45, 7) is 7.78. The van der Waals surface area contributed by atoms with Crippen molar-refractivity contribution in [2.75, 3.05) is 19.3 Å². The Morgan fingerprint density at radius 2 is 1.87 bits per heavy atom. The number of nitrogens with two attached hydrogens (primary N) is 1. The number of amides is 2. The average molecular weight is 463 g/mol. The smallest absolute Gasteiger partial charge is 0.435 e. The standard InChI is InChI=1S/C21H38N2O7P/c1-5-19(25)29-21(16(2)3,12-8-6-7-9-13-22)30-31(28)15-18(24)23(20(26)27)14-10-11-17(23)4/h16-17H,5-15,22H2,1-4H3/q+1/p+1/t17-,21?,23?/m1/s1. The predicted octanol–water partition coefficient (Wildman–Crippen LogP) is 4.16. The number of quaternary nitrogens is 1. The van der Waals surface area contributed by atoms with E-state index >= 15 is 0 Å². The van der Waals surface area contributed by atoms with Crippen LogP contribution in [-0.4, -0.2) is 58.6 Å². The van der Waals surface area contributed by atoms with Gasteiger partial charge in [-0.25, -0.2) is 4.79 Å². The summed E-state index contributed by atoms with van der Waals surface area (Å²) in [5.74, 6) is -2.85. The fraction of sp³-hybridized carbons (Fsp3) is 0.857. The predicted molar refractivity (Wildman–Crippen MR) is 117 cm³/mol. The lowest BCUT2D eigenvalue weighted by molar-refractivity contribution is -0.791. The second-order valence-corrected chi connectivity index (χ2v) is 9.75. The molecule has 0 aromatic rings. The fourth-order valence-corrected chi connectivity index (χ4v) is 5.26. The van der Waals surface area contributed by atoms with Gasteiger partial charge in [-0.3, -0.25) is 4.79 Å². The molecule has 0 spiro atoms. The molecule has 0 radical (unpaired) electrons. The van der Waals surface area contributed by atoms with Gasteiger partial charge in [-0.2, -0.15) is 9.28 Å². The lowest BCUT2D eigenvalue weighted by Gasteiger charge is -2.32. The van der Waals surface area contributed by atoms with Crippen LogP contribution in [0.1, 0.15) is 79.1 Å². The van der Waals surface area contributed by atoms with E-state index in [4.69, 9.17) is 15.0 Å². The van der Waals surface area contributed by atoms with E-state index in [1.54, 1.807) is 13.8 Å². The Labute approximate surface area is 186 Å². The molecule has 1 saturated heterocycles. The van der Waals surface area contributed by atoms with Crippen molar-refractivity contribution < 1.29 is 37.8 Å². The summed E-state index contributed by atoms with van der Waals surface area (Å²) < 4.78 is 23.6. The summed E-state index contributed by atoms with van der Waals surface area (Å²) in [5.41, 5.74) is 5.53. The third-order valence-electron chi connectivity index (χ3n) is 6.13. The van der Waals surface area contributed by atoms with Crippen molar-refractivity contribution in [3.8, 4) is 0 Å². The number of hydrogen-bond donors (Lipinski definition) is 2. The molecule has 0 bridgehead atoms. The molecule has 0 aromatic carbocycles. The minimum atomic E-state index is -2.57. The summed E-state index contributed by atoms with van der Waals surface area (Å²) in [6, 6.07) is -0.385. The van der Waals surface area contributed by atoms with Crippen molar-refractivity contribution in [2.45, 2.75) is 90.9 Å². The van der Waals surface area contributed by atoms with Crippen LogP contribution < -0.4 is 5.73 Å². The molecule has 1 heterocycles. The largest absolute Gasteiger partial charge is 0.526 e. The van der Waals surface area contributed by atoms with Crippen molar-refractivity contribution in [2.24, 2.45) is 11.7 Å². The number of rotatable bonds is 13. The first-order chi connectivity index (χ1) is 14.6. The van der Waals surface area contributed by atoms with Crippen LogP contribution in [0.15, 0.2) is 0 Å². The van der Waals surface area contributed by atoms with E-state index in [-0.39, 0.29) is 24.9 Å². The summed E-state index contributed by atoms with van der Waals surface area (Å²) in [5, 5.41) is 9.71. The topological polar surface area (TPSA) is 133 Å². The normalized spacial score (nSPS) is 23.4. The Bertz CT molecular complexity index is 658. The summed E-state index contributed by atoms with van der Waals surface area (Å²) in [4.78, 5) is 36.9. The highest BCUT2D eigenvalue weighted by Crippen LogP contribution is 2.41. The molecule has 3 N–H and O–H groups in total. The maximum Gasteiger partial charge on any atom is 0.526 e. The van der Waals surface area contributed by atoms with E-state index in [2.05, 4.69) is 0 Å². The zero-order chi connectivity index (χ0) is 23.7. The lowest BCUT2D eigenvalue weighted by Crippen LogP contribution is -2.59. The minimum Gasteiger partial charge on any atom is -0.435 e. The summed E-state index contributed by atoms with van der Waals surface area (Å²) in [6.07, 6.45) is 3.29. The second kappa shape index (κ2) is 12.6. The molecule has 9 nitrogen and oxygen atoms in total. The monoisotopic (exact) mass is 462 g/mol. The van der Waals surface area contributed by atoms with Crippen LogP contribution in [0.3, 0.4) is 0 Å². The maximum atomic E-state index is 12.9. The molecule has 3 unspecified atom stereocenters. The Kier molecular flexibility index (Phi) is 11.2. The molecule has 178 valence electrons. The van der Waals surface area contributed by atoms with E-state index in [9.17, 15) is 24.1 Å². The van der Waals surface area contributed by atoms with Gasteiger partial charge in [0.15, 0.2) is 0 Å². The zero-order valence-corrected chi connectivity index (χ0v) is 20.2. The molecule has 10 heteroatoms. The number of unbranched alkanes of at least 4 members (excludes halogenated alkanes) is 3. The van der Waals surface area contributed by atoms with Crippen LogP contribution in [0.5, 0.6) is 0 Å². The van der Waals surface area contributed by atoms with Crippen molar-refractivity contribution in [1.29, 1.82) is 0 Å². The van der Waals surface area contributed by atoms with Gasteiger partial charge in [0, 0.05) is 31.6 Å². The van der Waals surface area contributed by atoms with Gasteiger partial charge in [0.05, 0.1) is 6.54 Å². The van der Waals surface area contributed by atoms with Gasteiger partial charge < -0.3 is 15.6 Å². The quantitative estimate of drug-likeness (QED) is 0.137. The number of imide groups is 1. The fourth-order valence-electron chi connectivity index (χ4n) is 4.04. The van der Waals surface area contributed by atoms with Crippen LogP contribution in [0.4, 0.5) is 4.79 Å². The van der Waals surface area contributed by atoms with Gasteiger partial charge in [-0.05, 0) is 30.9 Å². The van der Waals surface area contributed by atoms with Crippen LogP contribution >= 0.6 is 8.03 Å². The summed E-state index contributed by atoms with van der Waals surface area (Å²) >= 11 is 0. The number of carbonyl (C=O) groups excluding carboxylic acids is 2. The van der Waals surface area contributed by atoms with Crippen molar-refractivity contribution >= 4 is 26.0 Å². The van der Waals surface area contributed by atoms with Crippen molar-refractivity contribution in [1.82, 2.24) is 0 Å². The number of hydrogen-bond acceptors (Lipinski definition) is 7. The molecule has 4 atom stereocenters. The maximum absolute atomic E-state index is 12.9. The summed E-state index contributed by atoms with van der Waals surface area (Å²) in [7, 11) is -2.57. The molecular weight excluding hydrogens is 423 g/mol. The molecule has 1 fully saturated rings. The van der Waals surface area contributed by atoms with Crippen LogP contribution in [0.2, 0.25) is 0 Å². The van der Waals surface area contributed by atoms with Gasteiger partial charge in [-0.15, -0.1) is 0 Å². The third-order valence-corrected chi connectivity index (χ3v) is 7.17. The molecule has 0 aliphatic carbocycles. The Balaban J connectivity index is 2.97. The number of carboxylic acid groups (broad SMARTS) is 1. The highest BCUT2D eigenvalue weighted by Gasteiger charge is 2.57. The van der Waals surface area contributed by atoms with Crippen LogP contribution in [-0.2, 0) is 23.4 Å². The first-order valence-electron chi connectivity index (χ1n) is 11.3. The van der Waals surface area contributed by atoms with E-state index in [0.29, 0.717) is 32.2 Å². The van der Waals surface area contributed by atoms with Crippen LogP contribution in [0.25, 0.3) is 0 Å². The number of nitrogens with zero attached hydrogens (tertiary/aromatic N) is 1.